The van der Waals surface area contributed by atoms with E-state index in [1.54, 1.807) is 17.1 Å². The van der Waals surface area contributed by atoms with Crippen LogP contribution in [0.1, 0.15) is 13.3 Å². The minimum atomic E-state index is 0.0556. The van der Waals surface area contributed by atoms with Crippen molar-refractivity contribution in [2.24, 2.45) is 5.92 Å². The van der Waals surface area contributed by atoms with Crippen molar-refractivity contribution in [2.45, 2.75) is 19.9 Å². The van der Waals surface area contributed by atoms with Gasteiger partial charge in [-0.2, -0.15) is 0 Å². The Bertz CT molecular complexity index is 349. The van der Waals surface area contributed by atoms with Gasteiger partial charge in [-0.1, -0.05) is 29.3 Å². The molecule has 1 aromatic heterocycles. The van der Waals surface area contributed by atoms with E-state index in [9.17, 15) is 4.79 Å². The lowest BCUT2D eigenvalue weighted by Gasteiger charge is -2.12. The van der Waals surface area contributed by atoms with E-state index in [-0.39, 0.29) is 5.56 Å². The van der Waals surface area contributed by atoms with Crippen molar-refractivity contribution in [2.75, 3.05) is 5.33 Å². The first-order valence-electron chi connectivity index (χ1n) is 4.45. The fourth-order valence-electron chi connectivity index (χ4n) is 1.12. The number of hydrogen-bond acceptors (Lipinski definition) is 2. The summed E-state index contributed by atoms with van der Waals surface area (Å²) in [7, 11) is 0. The minimum Gasteiger partial charge on any atom is -0.298 e. The second-order valence-corrected chi connectivity index (χ2v) is 4.94. The van der Waals surface area contributed by atoms with Gasteiger partial charge < -0.3 is 0 Å². The van der Waals surface area contributed by atoms with E-state index in [2.05, 4.69) is 27.8 Å². The van der Waals surface area contributed by atoms with Crippen molar-refractivity contribution in [1.29, 1.82) is 0 Å². The van der Waals surface area contributed by atoms with E-state index < -0.39 is 0 Å². The lowest BCUT2D eigenvalue weighted by atomic mass is 10.1. The highest BCUT2D eigenvalue weighted by Crippen LogP contribution is 2.08. The fraction of sp³-hybridized carbons (Fsp3) is 0.556. The molecule has 0 radical (unpaired) electrons. The van der Waals surface area contributed by atoms with Crippen molar-refractivity contribution >= 4 is 38.5 Å². The molecular weight excluding hydrogens is 359 g/mol. The predicted octanol–water partition coefficient (Wildman–Crippen LogP) is 2.27. The summed E-state index contributed by atoms with van der Waals surface area (Å²) in [5, 5.41) is 0.918. The van der Waals surface area contributed by atoms with Crippen molar-refractivity contribution in [3.8, 4) is 0 Å². The van der Waals surface area contributed by atoms with Crippen molar-refractivity contribution in [3.05, 3.63) is 26.4 Å². The van der Waals surface area contributed by atoms with Gasteiger partial charge in [0.25, 0.3) is 5.56 Å². The molecule has 0 aromatic carbocycles. The molecule has 0 spiro atoms. The Hall–Kier alpha value is 0.0900. The first-order chi connectivity index (χ1) is 6.69. The van der Waals surface area contributed by atoms with Crippen LogP contribution in [0.5, 0.6) is 0 Å². The molecule has 1 aromatic rings. The third-order valence-corrected chi connectivity index (χ3v) is 3.77. The summed E-state index contributed by atoms with van der Waals surface area (Å²) in [6.45, 7) is 2.86. The van der Waals surface area contributed by atoms with Crippen LogP contribution in [0.3, 0.4) is 0 Å². The molecule has 1 unspecified atom stereocenters. The molecule has 1 rings (SSSR count). The summed E-state index contributed by atoms with van der Waals surface area (Å²) in [6.07, 6.45) is 4.26. The van der Waals surface area contributed by atoms with Gasteiger partial charge in [-0.15, -0.1) is 0 Å². The largest absolute Gasteiger partial charge is 0.298 e. The van der Waals surface area contributed by atoms with E-state index in [1.807, 2.05) is 22.6 Å². The van der Waals surface area contributed by atoms with Gasteiger partial charge >= 0.3 is 0 Å². The van der Waals surface area contributed by atoms with Gasteiger partial charge in [0.1, 0.15) is 0 Å². The zero-order valence-electron chi connectivity index (χ0n) is 7.91. The van der Waals surface area contributed by atoms with Crippen molar-refractivity contribution < 1.29 is 0 Å². The Morgan fingerprint density at radius 2 is 2.43 bits per heavy atom. The molecule has 0 aliphatic carbocycles. The molecule has 0 bridgehead atoms. The standard InChI is InChI=1S/C9H12BrIN2O/c1-2-7(3-10)5-13-6-12-4-8(11)9(13)14/h4,6-7H,2-3,5H2,1H3. The Balaban J connectivity index is 2.86. The number of rotatable bonds is 4. The predicted molar refractivity (Wildman–Crippen MR) is 68.8 cm³/mol. The van der Waals surface area contributed by atoms with E-state index >= 15 is 0 Å². The summed E-state index contributed by atoms with van der Waals surface area (Å²) in [4.78, 5) is 15.6. The Morgan fingerprint density at radius 1 is 1.71 bits per heavy atom. The molecule has 0 N–H and O–H groups in total. The van der Waals surface area contributed by atoms with Crippen LogP contribution in [0.2, 0.25) is 0 Å². The molecule has 0 aliphatic heterocycles. The number of alkyl halides is 1. The Morgan fingerprint density at radius 3 is 3.00 bits per heavy atom. The third kappa shape index (κ3) is 3.05. The van der Waals surface area contributed by atoms with Crippen molar-refractivity contribution in [1.82, 2.24) is 9.55 Å². The van der Waals surface area contributed by atoms with Gasteiger partial charge in [-0.3, -0.25) is 9.36 Å². The van der Waals surface area contributed by atoms with E-state index in [4.69, 9.17) is 0 Å². The Labute approximate surface area is 105 Å². The monoisotopic (exact) mass is 370 g/mol. The van der Waals surface area contributed by atoms with Gasteiger partial charge in [0.15, 0.2) is 0 Å². The maximum atomic E-state index is 11.6. The zero-order valence-corrected chi connectivity index (χ0v) is 11.7. The molecule has 3 nitrogen and oxygen atoms in total. The van der Waals surface area contributed by atoms with Gasteiger partial charge in [0.2, 0.25) is 0 Å². The van der Waals surface area contributed by atoms with E-state index in [1.165, 1.54) is 0 Å². The molecule has 0 saturated heterocycles. The average molecular weight is 371 g/mol. The van der Waals surface area contributed by atoms with Gasteiger partial charge in [0, 0.05) is 18.1 Å². The number of nitrogens with zero attached hydrogens (tertiary/aromatic N) is 2. The van der Waals surface area contributed by atoms with Crippen LogP contribution in [-0.2, 0) is 6.54 Å². The maximum absolute atomic E-state index is 11.6. The highest BCUT2D eigenvalue weighted by Gasteiger charge is 2.07. The second kappa shape index (κ2) is 5.85. The van der Waals surface area contributed by atoms with Crippen LogP contribution in [0.15, 0.2) is 17.3 Å². The molecule has 78 valence electrons. The fourth-order valence-corrected chi connectivity index (χ4v) is 2.25. The molecule has 1 atom stereocenters. The molecule has 14 heavy (non-hydrogen) atoms. The lowest BCUT2D eigenvalue weighted by molar-refractivity contribution is 0.464. The number of hydrogen-bond donors (Lipinski definition) is 0. The first-order valence-corrected chi connectivity index (χ1v) is 6.65. The third-order valence-electron chi connectivity index (χ3n) is 2.11. The van der Waals surface area contributed by atoms with Gasteiger partial charge in [0.05, 0.1) is 9.90 Å². The Kier molecular flexibility index (Phi) is 5.08. The molecule has 0 saturated carbocycles. The SMILES string of the molecule is CCC(CBr)Cn1cncc(I)c1=O. The van der Waals surface area contributed by atoms with Gasteiger partial charge in [-0.25, -0.2) is 4.98 Å². The zero-order chi connectivity index (χ0) is 10.6. The summed E-state index contributed by atoms with van der Waals surface area (Å²) in [5.41, 5.74) is 0.0556. The quantitative estimate of drug-likeness (QED) is 0.602. The maximum Gasteiger partial charge on any atom is 0.266 e. The number of halogens is 2. The van der Waals surface area contributed by atoms with Crippen LogP contribution >= 0.6 is 38.5 Å². The molecule has 0 fully saturated rings. The summed E-state index contributed by atoms with van der Waals surface area (Å²) >= 11 is 5.45. The molecule has 1 heterocycles. The highest BCUT2D eigenvalue weighted by atomic mass is 127. The smallest absolute Gasteiger partial charge is 0.266 e. The highest BCUT2D eigenvalue weighted by molar-refractivity contribution is 14.1. The van der Waals surface area contributed by atoms with Crippen LogP contribution in [0, 0.1) is 9.49 Å². The number of aromatic nitrogens is 2. The van der Waals surface area contributed by atoms with Crippen LogP contribution in [0.4, 0.5) is 0 Å². The van der Waals surface area contributed by atoms with Crippen LogP contribution in [-0.4, -0.2) is 14.9 Å². The minimum absolute atomic E-state index is 0.0556. The van der Waals surface area contributed by atoms with E-state index in [0.717, 1.165) is 18.3 Å². The van der Waals surface area contributed by atoms with Crippen LogP contribution < -0.4 is 5.56 Å². The molecular formula is C9H12BrIN2O. The normalized spacial score (nSPS) is 12.8. The molecule has 0 amide bonds. The summed E-state index contributed by atoms with van der Waals surface area (Å²) in [5.74, 6) is 0.493. The molecule has 0 aliphatic rings. The average Bonchev–Trinajstić information content (AvgIpc) is 2.20. The van der Waals surface area contributed by atoms with Crippen LogP contribution in [0.25, 0.3) is 0 Å². The van der Waals surface area contributed by atoms with Crippen molar-refractivity contribution in [3.63, 3.8) is 0 Å². The topological polar surface area (TPSA) is 34.9 Å². The summed E-state index contributed by atoms with van der Waals surface area (Å²) < 4.78 is 2.35. The molecule has 5 heteroatoms. The second-order valence-electron chi connectivity index (χ2n) is 3.13. The van der Waals surface area contributed by atoms with E-state index in [0.29, 0.717) is 9.49 Å². The first kappa shape index (κ1) is 12.2. The summed E-state index contributed by atoms with van der Waals surface area (Å²) in [6, 6.07) is 0. The van der Waals surface area contributed by atoms with Gasteiger partial charge in [-0.05, 0) is 28.5 Å². The lowest BCUT2D eigenvalue weighted by Crippen LogP contribution is -2.26.